The van der Waals surface area contributed by atoms with Crippen LogP contribution in [0, 0.1) is 6.92 Å². The fourth-order valence-corrected chi connectivity index (χ4v) is 3.84. The lowest BCUT2D eigenvalue weighted by molar-refractivity contribution is -0.114. The summed E-state index contributed by atoms with van der Waals surface area (Å²) in [5.74, 6) is 0.146. The van der Waals surface area contributed by atoms with Crippen LogP contribution in [0.3, 0.4) is 0 Å². The molecule has 3 aromatic carbocycles. The number of fused-ring (bicyclic) bond motifs is 1. The summed E-state index contributed by atoms with van der Waals surface area (Å²) in [5, 5.41) is 1.19. The Morgan fingerprint density at radius 1 is 0.893 bits per heavy atom. The van der Waals surface area contributed by atoms with Crippen molar-refractivity contribution in [2.45, 2.75) is 19.3 Å². The van der Waals surface area contributed by atoms with Gasteiger partial charge in [0.25, 0.3) is 0 Å². The van der Waals surface area contributed by atoms with Crippen molar-refractivity contribution in [1.29, 1.82) is 0 Å². The van der Waals surface area contributed by atoms with Gasteiger partial charge in [0.1, 0.15) is 0 Å². The second kappa shape index (κ2) is 8.10. The summed E-state index contributed by atoms with van der Waals surface area (Å²) < 4.78 is 0. The Morgan fingerprint density at radius 3 is 2.29 bits per heavy atom. The molecule has 4 aromatic rings. The molecule has 2 heteroatoms. The van der Waals surface area contributed by atoms with E-state index in [-0.39, 0.29) is 11.7 Å². The molecule has 2 nitrogen and oxygen atoms in total. The summed E-state index contributed by atoms with van der Waals surface area (Å²) in [7, 11) is 0. The summed E-state index contributed by atoms with van der Waals surface area (Å²) in [5.41, 5.74) is 5.65. The molecule has 1 atom stereocenters. The van der Waals surface area contributed by atoms with Gasteiger partial charge in [-0.3, -0.25) is 4.79 Å². The van der Waals surface area contributed by atoms with E-state index in [9.17, 15) is 4.79 Å². The molecule has 1 unspecified atom stereocenters. The summed E-state index contributed by atoms with van der Waals surface area (Å²) in [4.78, 5) is 16.3. The van der Waals surface area contributed by atoms with E-state index < -0.39 is 0 Å². The Labute approximate surface area is 165 Å². The molecule has 0 aliphatic rings. The van der Waals surface area contributed by atoms with Crippen LogP contribution in [0.2, 0.25) is 0 Å². The van der Waals surface area contributed by atoms with E-state index in [0.29, 0.717) is 6.42 Å². The fourth-order valence-electron chi connectivity index (χ4n) is 3.84. The number of H-pyrrole nitrogens is 1. The van der Waals surface area contributed by atoms with E-state index in [1.165, 1.54) is 10.9 Å². The summed E-state index contributed by atoms with van der Waals surface area (Å²) >= 11 is 0. The Balaban J connectivity index is 1.70. The molecule has 0 spiro atoms. The highest BCUT2D eigenvalue weighted by Gasteiger charge is 2.22. The van der Waals surface area contributed by atoms with Crippen molar-refractivity contribution in [2.24, 2.45) is 0 Å². The van der Waals surface area contributed by atoms with Gasteiger partial charge in [0.05, 0.1) is 0 Å². The van der Waals surface area contributed by atoms with Gasteiger partial charge in [-0.2, -0.15) is 0 Å². The highest BCUT2D eigenvalue weighted by atomic mass is 16.1. The number of nitrogens with one attached hydrogen (secondary N) is 1. The highest BCUT2D eigenvalue weighted by molar-refractivity contribution is 5.95. The van der Waals surface area contributed by atoms with Crippen LogP contribution in [0.5, 0.6) is 0 Å². The van der Waals surface area contributed by atoms with Crippen LogP contribution >= 0.6 is 0 Å². The second-order valence-electron chi connectivity index (χ2n) is 7.09. The number of hydrogen-bond acceptors (Lipinski definition) is 1. The zero-order valence-corrected chi connectivity index (χ0v) is 15.9. The van der Waals surface area contributed by atoms with Crippen molar-refractivity contribution in [3.63, 3.8) is 0 Å². The van der Waals surface area contributed by atoms with Crippen LogP contribution in [0.15, 0.2) is 91.0 Å². The number of benzene rings is 3. The molecular weight excluding hydrogens is 342 g/mol. The molecule has 1 aromatic heterocycles. The number of carbonyl (C=O) groups is 1. The van der Waals surface area contributed by atoms with Crippen LogP contribution in [0.25, 0.3) is 17.0 Å². The first-order valence-electron chi connectivity index (χ1n) is 9.60. The number of aromatic nitrogens is 1. The van der Waals surface area contributed by atoms with Gasteiger partial charge in [-0.05, 0) is 35.8 Å². The maximum absolute atomic E-state index is 12.8. The predicted octanol–water partition coefficient (Wildman–Crippen LogP) is 6.28. The first-order valence-corrected chi connectivity index (χ1v) is 9.60. The Morgan fingerprint density at radius 2 is 1.54 bits per heavy atom. The van der Waals surface area contributed by atoms with Gasteiger partial charge < -0.3 is 4.98 Å². The van der Waals surface area contributed by atoms with Gasteiger partial charge in [0.2, 0.25) is 0 Å². The van der Waals surface area contributed by atoms with E-state index in [0.717, 1.165) is 22.3 Å². The zero-order chi connectivity index (χ0) is 19.3. The first kappa shape index (κ1) is 18.0. The molecule has 0 bridgehead atoms. The number of rotatable bonds is 6. The quantitative estimate of drug-likeness (QED) is 0.401. The number of aromatic amines is 1. The monoisotopic (exact) mass is 365 g/mol. The molecule has 1 N–H and O–H groups in total. The SMILES string of the molecule is Cc1[nH]c2ccccc2c1C(CC(=O)/C=C/c1ccccc1)c1ccccc1. The van der Waals surface area contributed by atoms with Crippen molar-refractivity contribution in [3.8, 4) is 0 Å². The van der Waals surface area contributed by atoms with Gasteiger partial charge >= 0.3 is 0 Å². The molecule has 0 amide bonds. The van der Waals surface area contributed by atoms with Gasteiger partial charge in [0.15, 0.2) is 5.78 Å². The average molecular weight is 365 g/mol. The molecule has 0 fully saturated rings. The third-order valence-electron chi connectivity index (χ3n) is 5.16. The number of carbonyl (C=O) groups excluding carboxylic acids is 1. The van der Waals surface area contributed by atoms with Crippen molar-refractivity contribution in [1.82, 2.24) is 4.98 Å². The topological polar surface area (TPSA) is 32.9 Å². The van der Waals surface area contributed by atoms with Crippen LogP contribution in [-0.2, 0) is 4.79 Å². The molecule has 138 valence electrons. The van der Waals surface area contributed by atoms with Crippen LogP contribution < -0.4 is 0 Å². The molecule has 0 radical (unpaired) electrons. The summed E-state index contributed by atoms with van der Waals surface area (Å²) in [6.07, 6.45) is 4.04. The standard InChI is InChI=1S/C26H23NO/c1-19-26(23-14-8-9-15-25(23)27-19)24(21-12-6-3-7-13-21)18-22(28)17-16-20-10-4-2-5-11-20/h2-17,24,27H,18H2,1H3/b17-16+. The van der Waals surface area contributed by atoms with Crippen LogP contribution in [0.1, 0.15) is 34.7 Å². The van der Waals surface area contributed by atoms with E-state index in [1.54, 1.807) is 6.08 Å². The van der Waals surface area contributed by atoms with Crippen molar-refractivity contribution in [2.75, 3.05) is 0 Å². The largest absolute Gasteiger partial charge is 0.358 e. The van der Waals surface area contributed by atoms with Gasteiger partial charge in [0, 0.05) is 28.9 Å². The second-order valence-corrected chi connectivity index (χ2v) is 7.09. The summed E-state index contributed by atoms with van der Waals surface area (Å²) in [6.45, 7) is 2.09. The molecule has 28 heavy (non-hydrogen) atoms. The van der Waals surface area contributed by atoms with Gasteiger partial charge in [-0.25, -0.2) is 0 Å². The number of hydrogen-bond donors (Lipinski definition) is 1. The van der Waals surface area contributed by atoms with E-state index >= 15 is 0 Å². The molecule has 0 saturated carbocycles. The number of para-hydroxylation sites is 1. The maximum atomic E-state index is 12.8. The lowest BCUT2D eigenvalue weighted by atomic mass is 9.85. The van der Waals surface area contributed by atoms with Gasteiger partial charge in [-0.15, -0.1) is 0 Å². The Hall–Kier alpha value is -3.39. The number of ketones is 1. The minimum atomic E-state index is 0.0188. The highest BCUT2D eigenvalue weighted by Crippen LogP contribution is 2.36. The van der Waals surface area contributed by atoms with E-state index in [4.69, 9.17) is 0 Å². The fraction of sp³-hybridized carbons (Fsp3) is 0.115. The van der Waals surface area contributed by atoms with Gasteiger partial charge in [-0.1, -0.05) is 84.9 Å². The van der Waals surface area contributed by atoms with Crippen molar-refractivity contribution < 1.29 is 4.79 Å². The third kappa shape index (κ3) is 3.81. The third-order valence-corrected chi connectivity index (χ3v) is 5.16. The van der Waals surface area contributed by atoms with Crippen LogP contribution in [0.4, 0.5) is 0 Å². The number of aryl methyl sites for hydroxylation is 1. The minimum Gasteiger partial charge on any atom is -0.358 e. The van der Waals surface area contributed by atoms with Crippen LogP contribution in [-0.4, -0.2) is 10.8 Å². The minimum absolute atomic E-state index is 0.0188. The number of allylic oxidation sites excluding steroid dienone is 1. The van der Waals surface area contributed by atoms with E-state index in [1.807, 2.05) is 60.7 Å². The predicted molar refractivity (Wildman–Crippen MR) is 116 cm³/mol. The Kier molecular flexibility index (Phi) is 5.20. The lowest BCUT2D eigenvalue weighted by Gasteiger charge is -2.17. The average Bonchev–Trinajstić information content (AvgIpc) is 3.07. The molecule has 1 heterocycles. The van der Waals surface area contributed by atoms with Crippen molar-refractivity contribution >= 4 is 22.8 Å². The molecule has 4 rings (SSSR count). The molecule has 0 aliphatic carbocycles. The maximum Gasteiger partial charge on any atom is 0.156 e. The molecule has 0 aliphatic heterocycles. The Bertz CT molecular complexity index is 1110. The molecule has 0 saturated heterocycles. The normalized spacial score (nSPS) is 12.5. The first-order chi connectivity index (χ1) is 13.7. The summed E-state index contributed by atoms with van der Waals surface area (Å²) in [6, 6.07) is 28.6. The zero-order valence-electron chi connectivity index (χ0n) is 15.9. The molecular formula is C26H23NO. The van der Waals surface area contributed by atoms with Crippen molar-refractivity contribution in [3.05, 3.63) is 113 Å². The lowest BCUT2D eigenvalue weighted by Crippen LogP contribution is -2.08. The smallest absolute Gasteiger partial charge is 0.156 e. The van der Waals surface area contributed by atoms with E-state index in [2.05, 4.69) is 42.2 Å².